The summed E-state index contributed by atoms with van der Waals surface area (Å²) >= 11 is 0. The summed E-state index contributed by atoms with van der Waals surface area (Å²) in [6.07, 6.45) is 10.3. The van der Waals surface area contributed by atoms with Gasteiger partial charge in [0.15, 0.2) is 0 Å². The summed E-state index contributed by atoms with van der Waals surface area (Å²) < 4.78 is 0. The first-order chi connectivity index (χ1) is 8.36. The van der Waals surface area contributed by atoms with Crippen LogP contribution in [0.25, 0.3) is 0 Å². The molecule has 0 aromatic carbocycles. The zero-order valence-electron chi connectivity index (χ0n) is 11.7. The second-order valence-electron chi connectivity index (χ2n) is 6.76. The van der Waals surface area contributed by atoms with Crippen molar-refractivity contribution in [2.24, 2.45) is 29.6 Å². The van der Waals surface area contributed by atoms with Gasteiger partial charge in [0, 0.05) is 13.1 Å². The Labute approximate surface area is 118 Å². The third-order valence-electron chi connectivity index (χ3n) is 5.54. The van der Waals surface area contributed by atoms with E-state index in [2.05, 4.69) is 17.8 Å². The summed E-state index contributed by atoms with van der Waals surface area (Å²) in [5.41, 5.74) is 6.89. The highest BCUT2D eigenvalue weighted by Crippen LogP contribution is 2.56. The zero-order valence-corrected chi connectivity index (χ0v) is 12.5. The van der Waals surface area contributed by atoms with Gasteiger partial charge in [0.2, 0.25) is 0 Å². The lowest BCUT2D eigenvalue weighted by molar-refractivity contribution is -0.0365. The van der Waals surface area contributed by atoms with Crippen LogP contribution in [0, 0.1) is 29.6 Å². The van der Waals surface area contributed by atoms with E-state index < -0.39 is 0 Å². The summed E-state index contributed by atoms with van der Waals surface area (Å²) in [4.78, 5) is 0. The number of hydrogen-bond acceptors (Lipinski definition) is 2. The molecule has 0 unspecified atom stereocenters. The first kappa shape index (κ1) is 14.6. The lowest BCUT2D eigenvalue weighted by Gasteiger charge is -2.54. The molecule has 0 radical (unpaired) electrons. The normalized spacial score (nSPS) is 40.8. The van der Waals surface area contributed by atoms with Crippen LogP contribution in [-0.2, 0) is 0 Å². The van der Waals surface area contributed by atoms with Gasteiger partial charge >= 0.3 is 0 Å². The second-order valence-corrected chi connectivity index (χ2v) is 6.76. The molecular formula is C15H29ClN2. The molecule has 4 aliphatic carbocycles. The van der Waals surface area contributed by atoms with Crippen molar-refractivity contribution < 1.29 is 0 Å². The molecule has 0 aromatic rings. The van der Waals surface area contributed by atoms with Gasteiger partial charge in [-0.3, -0.25) is 10.9 Å². The molecule has 0 atom stereocenters. The summed E-state index contributed by atoms with van der Waals surface area (Å²) in [5.74, 6) is 5.33. The lowest BCUT2D eigenvalue weighted by Crippen LogP contribution is -2.50. The van der Waals surface area contributed by atoms with Crippen LogP contribution in [0.5, 0.6) is 0 Å². The molecule has 18 heavy (non-hydrogen) atoms. The molecule has 4 aliphatic rings. The van der Waals surface area contributed by atoms with Crippen LogP contribution in [0.3, 0.4) is 0 Å². The number of hydrogen-bond donors (Lipinski definition) is 2. The Morgan fingerprint density at radius 1 is 0.889 bits per heavy atom. The average Bonchev–Trinajstić information content (AvgIpc) is 2.31. The van der Waals surface area contributed by atoms with Crippen molar-refractivity contribution in [2.45, 2.75) is 51.9 Å². The van der Waals surface area contributed by atoms with Gasteiger partial charge in [0.05, 0.1) is 0 Å². The van der Waals surface area contributed by atoms with E-state index in [9.17, 15) is 0 Å². The molecular weight excluding hydrogens is 244 g/mol. The molecule has 3 heteroatoms. The predicted molar refractivity (Wildman–Crippen MR) is 78.7 cm³/mol. The minimum Gasteiger partial charge on any atom is -0.258 e. The van der Waals surface area contributed by atoms with Crippen molar-refractivity contribution in [3.8, 4) is 0 Å². The summed E-state index contributed by atoms with van der Waals surface area (Å²) in [6.45, 7) is 4.60. The quantitative estimate of drug-likeness (QED) is 0.572. The second kappa shape index (κ2) is 6.58. The largest absolute Gasteiger partial charge is 0.258 e. The zero-order chi connectivity index (χ0) is 11.7. The average molecular weight is 273 g/mol. The van der Waals surface area contributed by atoms with E-state index in [0.717, 1.165) is 36.1 Å². The van der Waals surface area contributed by atoms with Gasteiger partial charge in [-0.2, -0.15) is 0 Å². The molecule has 4 saturated carbocycles. The fourth-order valence-electron chi connectivity index (χ4n) is 4.91. The first-order valence-corrected chi connectivity index (χ1v) is 7.82. The Balaban J connectivity index is 0.00000120. The highest BCUT2D eigenvalue weighted by atomic mass is 35.5. The van der Waals surface area contributed by atoms with Crippen LogP contribution in [0.1, 0.15) is 51.9 Å². The van der Waals surface area contributed by atoms with Crippen LogP contribution in [0.15, 0.2) is 0 Å². The van der Waals surface area contributed by atoms with Gasteiger partial charge in [-0.05, 0) is 68.1 Å². The summed E-state index contributed by atoms with van der Waals surface area (Å²) in [5, 5.41) is 0. The van der Waals surface area contributed by atoms with E-state index in [4.69, 9.17) is 0 Å². The van der Waals surface area contributed by atoms with Gasteiger partial charge in [-0.1, -0.05) is 13.3 Å². The molecule has 0 aromatic heterocycles. The predicted octanol–water partition coefficient (Wildman–Crippen LogP) is 3.37. The fourth-order valence-corrected chi connectivity index (χ4v) is 4.91. The molecule has 2 nitrogen and oxygen atoms in total. The Hall–Kier alpha value is 0.210. The van der Waals surface area contributed by atoms with Crippen molar-refractivity contribution in [2.75, 3.05) is 13.1 Å². The third kappa shape index (κ3) is 3.02. The van der Waals surface area contributed by atoms with E-state index in [-0.39, 0.29) is 12.4 Å². The Kier molecular flexibility index (Phi) is 5.35. The smallest absolute Gasteiger partial charge is 0.0133 e. The summed E-state index contributed by atoms with van der Waals surface area (Å²) in [7, 11) is 0. The van der Waals surface area contributed by atoms with Crippen molar-refractivity contribution in [3.63, 3.8) is 0 Å². The molecule has 0 spiro atoms. The van der Waals surface area contributed by atoms with Crippen LogP contribution in [0.4, 0.5) is 0 Å². The highest BCUT2D eigenvalue weighted by Gasteiger charge is 2.47. The Bertz CT molecular complexity index is 229. The van der Waals surface area contributed by atoms with E-state index in [1.807, 2.05) is 0 Å². The van der Waals surface area contributed by atoms with E-state index in [1.54, 1.807) is 32.1 Å². The van der Waals surface area contributed by atoms with E-state index in [1.165, 1.54) is 19.4 Å². The standard InChI is InChI=1S/C15H28N2.ClH/c1-2-3-4-16-17-10-15-13-6-11-5-12(8-13)9-14(15)7-11;/h11-17H,2-10H2,1H3;1H. The fraction of sp³-hybridized carbons (Fsp3) is 1.00. The van der Waals surface area contributed by atoms with Gasteiger partial charge in [0.1, 0.15) is 0 Å². The Morgan fingerprint density at radius 3 is 2.06 bits per heavy atom. The molecule has 2 N–H and O–H groups in total. The third-order valence-corrected chi connectivity index (χ3v) is 5.54. The maximum atomic E-state index is 3.50. The molecule has 4 bridgehead atoms. The van der Waals surface area contributed by atoms with E-state index in [0.29, 0.717) is 0 Å². The number of nitrogens with one attached hydrogen (secondary N) is 2. The molecule has 0 saturated heterocycles. The van der Waals surface area contributed by atoms with Gasteiger partial charge < -0.3 is 0 Å². The topological polar surface area (TPSA) is 24.1 Å². The maximum Gasteiger partial charge on any atom is 0.0133 e. The van der Waals surface area contributed by atoms with E-state index >= 15 is 0 Å². The van der Waals surface area contributed by atoms with Crippen LogP contribution >= 0.6 is 12.4 Å². The van der Waals surface area contributed by atoms with Crippen molar-refractivity contribution in [3.05, 3.63) is 0 Å². The van der Waals surface area contributed by atoms with Crippen LogP contribution in [-0.4, -0.2) is 13.1 Å². The van der Waals surface area contributed by atoms with Crippen LogP contribution in [0.2, 0.25) is 0 Å². The Morgan fingerprint density at radius 2 is 1.50 bits per heavy atom. The first-order valence-electron chi connectivity index (χ1n) is 7.82. The van der Waals surface area contributed by atoms with Crippen molar-refractivity contribution in [1.29, 1.82) is 0 Å². The van der Waals surface area contributed by atoms with Gasteiger partial charge in [0.25, 0.3) is 0 Å². The van der Waals surface area contributed by atoms with Gasteiger partial charge in [-0.15, -0.1) is 12.4 Å². The van der Waals surface area contributed by atoms with Crippen molar-refractivity contribution in [1.82, 2.24) is 10.9 Å². The highest BCUT2D eigenvalue weighted by molar-refractivity contribution is 5.85. The lowest BCUT2D eigenvalue weighted by atomic mass is 9.52. The molecule has 106 valence electrons. The maximum absolute atomic E-state index is 3.50. The van der Waals surface area contributed by atoms with Crippen molar-refractivity contribution >= 4 is 12.4 Å². The number of unbranched alkanes of at least 4 members (excludes halogenated alkanes) is 1. The molecule has 4 rings (SSSR count). The SMILES string of the molecule is CCCCNNCC1C2CC3CC(C2)CC1C3.Cl. The van der Waals surface area contributed by atoms with Crippen LogP contribution < -0.4 is 10.9 Å². The summed E-state index contributed by atoms with van der Waals surface area (Å²) in [6, 6.07) is 0. The molecule has 0 aliphatic heterocycles. The number of halogens is 1. The number of hydrazine groups is 1. The molecule has 0 heterocycles. The molecule has 4 fully saturated rings. The minimum absolute atomic E-state index is 0. The monoisotopic (exact) mass is 272 g/mol. The number of rotatable bonds is 6. The van der Waals surface area contributed by atoms with Gasteiger partial charge in [-0.25, -0.2) is 0 Å². The minimum atomic E-state index is 0. The molecule has 0 amide bonds.